The summed E-state index contributed by atoms with van der Waals surface area (Å²) in [6.07, 6.45) is 10.2. The van der Waals surface area contributed by atoms with Crippen molar-refractivity contribution in [2.24, 2.45) is 5.92 Å². The van der Waals surface area contributed by atoms with E-state index in [0.29, 0.717) is 5.56 Å². The van der Waals surface area contributed by atoms with E-state index in [4.69, 9.17) is 4.74 Å². The summed E-state index contributed by atoms with van der Waals surface area (Å²) >= 11 is 0. The lowest BCUT2D eigenvalue weighted by atomic mass is 9.79. The van der Waals surface area contributed by atoms with Gasteiger partial charge in [0.15, 0.2) is 0 Å². The number of hydrogen-bond donors (Lipinski definition) is 2. The summed E-state index contributed by atoms with van der Waals surface area (Å²) < 4.78 is 5.67. The Bertz CT molecular complexity index is 720. The summed E-state index contributed by atoms with van der Waals surface area (Å²) in [5, 5.41) is 12.6. The number of fused-ring (bicyclic) bond motifs is 3. The van der Waals surface area contributed by atoms with Crippen LogP contribution in [0.15, 0.2) is 30.4 Å². The second kappa shape index (κ2) is 6.54. The third-order valence-corrected chi connectivity index (χ3v) is 5.69. The normalized spacial score (nSPS) is 27.9. The molecule has 0 spiro atoms. The van der Waals surface area contributed by atoms with Crippen molar-refractivity contribution < 1.29 is 19.4 Å². The number of anilines is 1. The average Bonchev–Trinajstić information content (AvgIpc) is 3.11. The minimum atomic E-state index is -0.829. The van der Waals surface area contributed by atoms with Crippen molar-refractivity contribution in [3.63, 3.8) is 0 Å². The Balaban J connectivity index is 1.57. The van der Waals surface area contributed by atoms with E-state index < -0.39 is 12.0 Å². The molecule has 25 heavy (non-hydrogen) atoms. The van der Waals surface area contributed by atoms with Crippen LogP contribution in [0, 0.1) is 5.92 Å². The van der Waals surface area contributed by atoms with Crippen LogP contribution in [0.1, 0.15) is 60.4 Å². The number of ether oxygens (including phenoxy) is 1. The maximum absolute atomic E-state index is 12.5. The first kappa shape index (κ1) is 16.2. The van der Waals surface area contributed by atoms with Gasteiger partial charge in [0.05, 0.1) is 5.56 Å². The molecule has 1 fully saturated rings. The lowest BCUT2D eigenvalue weighted by Gasteiger charge is -2.35. The zero-order chi connectivity index (χ0) is 17.4. The third-order valence-electron chi connectivity index (χ3n) is 5.69. The van der Waals surface area contributed by atoms with Gasteiger partial charge in [0, 0.05) is 17.5 Å². The minimum absolute atomic E-state index is 0.00499. The number of benzene rings is 1. The second-order valence-electron chi connectivity index (χ2n) is 7.28. The lowest BCUT2D eigenvalue weighted by molar-refractivity contribution is -0.139. The zero-order valence-electron chi connectivity index (χ0n) is 14.1. The highest BCUT2D eigenvalue weighted by Crippen LogP contribution is 2.44. The maximum atomic E-state index is 12.5. The van der Waals surface area contributed by atoms with Crippen LogP contribution in [0.4, 0.5) is 5.69 Å². The molecule has 0 amide bonds. The van der Waals surface area contributed by atoms with E-state index in [9.17, 15) is 14.7 Å². The number of carbonyl (C=O) groups is 2. The van der Waals surface area contributed by atoms with E-state index in [0.717, 1.165) is 43.4 Å². The number of carboxylic acids is 1. The van der Waals surface area contributed by atoms with Crippen molar-refractivity contribution in [3.8, 4) is 0 Å². The molecule has 0 bridgehead atoms. The van der Waals surface area contributed by atoms with Gasteiger partial charge in [-0.2, -0.15) is 0 Å². The van der Waals surface area contributed by atoms with Crippen molar-refractivity contribution in [1.29, 1.82) is 0 Å². The SMILES string of the molecule is O=C(OC1CCCCC1)c1ccc2c(c1)[C@@H]1C=CC[C@@H]1[C@@H](C(=O)O)N2. The number of carbonyl (C=O) groups excluding carboxylic acids is 1. The Morgan fingerprint density at radius 3 is 2.72 bits per heavy atom. The van der Waals surface area contributed by atoms with Crippen LogP contribution in [0.5, 0.6) is 0 Å². The molecule has 5 nitrogen and oxygen atoms in total. The molecule has 1 aromatic rings. The summed E-state index contributed by atoms with van der Waals surface area (Å²) in [4.78, 5) is 24.0. The first-order valence-electron chi connectivity index (χ1n) is 9.14. The summed E-state index contributed by atoms with van der Waals surface area (Å²) in [6, 6.07) is 4.83. The zero-order valence-corrected chi connectivity index (χ0v) is 14.1. The molecular formula is C20H23NO4. The smallest absolute Gasteiger partial charge is 0.338 e. The maximum Gasteiger partial charge on any atom is 0.338 e. The molecule has 0 radical (unpaired) electrons. The molecule has 3 atom stereocenters. The van der Waals surface area contributed by atoms with Gasteiger partial charge < -0.3 is 15.2 Å². The molecule has 4 rings (SSSR count). The Hall–Kier alpha value is -2.30. The highest BCUT2D eigenvalue weighted by atomic mass is 16.5. The van der Waals surface area contributed by atoms with Gasteiger partial charge >= 0.3 is 11.9 Å². The highest BCUT2D eigenvalue weighted by Gasteiger charge is 2.41. The van der Waals surface area contributed by atoms with Crippen molar-refractivity contribution in [1.82, 2.24) is 0 Å². The third kappa shape index (κ3) is 3.03. The van der Waals surface area contributed by atoms with Crippen LogP contribution in [0.25, 0.3) is 0 Å². The average molecular weight is 341 g/mol. The van der Waals surface area contributed by atoms with Gasteiger partial charge in [0.2, 0.25) is 0 Å². The molecule has 0 saturated heterocycles. The number of aliphatic carboxylic acids is 1. The van der Waals surface area contributed by atoms with Gasteiger partial charge in [-0.15, -0.1) is 0 Å². The largest absolute Gasteiger partial charge is 0.480 e. The number of nitrogens with one attached hydrogen (secondary N) is 1. The Morgan fingerprint density at radius 1 is 1.16 bits per heavy atom. The molecule has 0 aromatic heterocycles. The molecule has 2 aliphatic carbocycles. The van der Waals surface area contributed by atoms with Crippen LogP contribution in [-0.4, -0.2) is 29.2 Å². The van der Waals surface area contributed by atoms with Crippen LogP contribution in [0.2, 0.25) is 0 Å². The summed E-state index contributed by atoms with van der Waals surface area (Å²) in [5.41, 5.74) is 2.35. The van der Waals surface area contributed by atoms with Crippen LogP contribution in [0.3, 0.4) is 0 Å². The molecule has 132 valence electrons. The molecule has 1 heterocycles. The fourth-order valence-corrected chi connectivity index (χ4v) is 4.37. The number of carboxylic acid groups (broad SMARTS) is 1. The van der Waals surface area contributed by atoms with Gasteiger partial charge in [0.25, 0.3) is 0 Å². The van der Waals surface area contributed by atoms with Crippen molar-refractivity contribution in [2.45, 2.75) is 56.6 Å². The number of allylic oxidation sites excluding steroid dienone is 2. The summed E-state index contributed by atoms with van der Waals surface area (Å²) in [6.45, 7) is 0. The van der Waals surface area contributed by atoms with Crippen LogP contribution in [-0.2, 0) is 9.53 Å². The number of hydrogen-bond acceptors (Lipinski definition) is 4. The fraction of sp³-hybridized carbons (Fsp3) is 0.500. The highest BCUT2D eigenvalue weighted by molar-refractivity contribution is 5.91. The second-order valence-corrected chi connectivity index (χ2v) is 7.28. The predicted octanol–water partition coefficient (Wildman–Crippen LogP) is 3.71. The van der Waals surface area contributed by atoms with Gasteiger partial charge in [-0.1, -0.05) is 18.6 Å². The van der Waals surface area contributed by atoms with E-state index >= 15 is 0 Å². The first-order valence-corrected chi connectivity index (χ1v) is 9.14. The molecule has 1 aliphatic heterocycles. The van der Waals surface area contributed by atoms with E-state index in [1.165, 1.54) is 6.42 Å². The van der Waals surface area contributed by atoms with Crippen LogP contribution < -0.4 is 5.32 Å². The number of rotatable bonds is 3. The standard InChI is InChI=1S/C20H23NO4/c22-19(23)18-15-8-4-7-14(15)16-11-12(9-10-17(16)21-18)20(24)25-13-5-2-1-3-6-13/h4,7,9-11,13-15,18,21H,1-3,5-6,8H2,(H,22,23)/t14-,15+,18+/m1/s1. The van der Waals surface area contributed by atoms with E-state index in [1.807, 2.05) is 18.2 Å². The van der Waals surface area contributed by atoms with E-state index in [1.54, 1.807) is 6.07 Å². The quantitative estimate of drug-likeness (QED) is 0.647. The summed E-state index contributed by atoms with van der Waals surface area (Å²) in [7, 11) is 0. The van der Waals surface area contributed by atoms with Crippen molar-refractivity contribution in [3.05, 3.63) is 41.5 Å². The molecule has 0 unspecified atom stereocenters. The van der Waals surface area contributed by atoms with Gasteiger partial charge in [-0.3, -0.25) is 0 Å². The molecule has 3 aliphatic rings. The van der Waals surface area contributed by atoms with Gasteiger partial charge in [0.1, 0.15) is 12.1 Å². The van der Waals surface area contributed by atoms with Gasteiger partial charge in [-0.05, 0) is 55.9 Å². The summed E-state index contributed by atoms with van der Waals surface area (Å²) in [5.74, 6) is -1.06. The van der Waals surface area contributed by atoms with E-state index in [-0.39, 0.29) is 23.9 Å². The van der Waals surface area contributed by atoms with Gasteiger partial charge in [-0.25, -0.2) is 9.59 Å². The van der Waals surface area contributed by atoms with E-state index in [2.05, 4.69) is 11.4 Å². The molecule has 1 aromatic carbocycles. The Labute approximate surface area is 147 Å². The van der Waals surface area contributed by atoms with Crippen LogP contribution >= 0.6 is 0 Å². The number of esters is 1. The topological polar surface area (TPSA) is 75.6 Å². The molecular weight excluding hydrogens is 318 g/mol. The fourth-order valence-electron chi connectivity index (χ4n) is 4.37. The lowest BCUT2D eigenvalue weighted by Crippen LogP contribution is -2.41. The predicted molar refractivity (Wildman–Crippen MR) is 93.8 cm³/mol. The molecule has 1 saturated carbocycles. The monoisotopic (exact) mass is 341 g/mol. The molecule has 2 N–H and O–H groups in total. The first-order chi connectivity index (χ1) is 12.1. The molecule has 5 heteroatoms. The Morgan fingerprint density at radius 2 is 1.96 bits per heavy atom. The Kier molecular flexibility index (Phi) is 4.24. The van der Waals surface area contributed by atoms with Crippen molar-refractivity contribution in [2.75, 3.05) is 5.32 Å². The van der Waals surface area contributed by atoms with Crippen molar-refractivity contribution >= 4 is 17.6 Å². The minimum Gasteiger partial charge on any atom is -0.480 e.